The molecule has 1 aromatic carbocycles. The predicted molar refractivity (Wildman–Crippen MR) is 88.8 cm³/mol. The van der Waals surface area contributed by atoms with Gasteiger partial charge in [-0.05, 0) is 25.1 Å². The third-order valence-electron chi connectivity index (χ3n) is 3.07. The minimum absolute atomic E-state index is 0.0768. The second-order valence-corrected chi connectivity index (χ2v) is 5.89. The van der Waals surface area contributed by atoms with Gasteiger partial charge in [0.15, 0.2) is 17.4 Å². The number of carbonyl (C=O) groups is 2. The first kappa shape index (κ1) is 17.9. The van der Waals surface area contributed by atoms with E-state index >= 15 is 0 Å². The van der Waals surface area contributed by atoms with Gasteiger partial charge in [0.2, 0.25) is 0 Å². The van der Waals surface area contributed by atoms with Crippen molar-refractivity contribution >= 4 is 34.7 Å². The van der Waals surface area contributed by atoms with E-state index in [4.69, 9.17) is 21.1 Å². The average Bonchev–Trinajstić information content (AvgIpc) is 3.05. The largest absolute Gasteiger partial charge is 0.496 e. The maximum Gasteiger partial charge on any atom is 0.357 e. The smallest absolute Gasteiger partial charge is 0.357 e. The summed E-state index contributed by atoms with van der Waals surface area (Å²) in [5.74, 6) is -1.94. The van der Waals surface area contributed by atoms with Crippen LogP contribution in [0, 0.1) is 11.3 Å². The van der Waals surface area contributed by atoms with Gasteiger partial charge in [-0.2, -0.15) is 5.26 Å². The molecule has 0 saturated carbocycles. The van der Waals surface area contributed by atoms with E-state index in [-0.39, 0.29) is 28.6 Å². The van der Waals surface area contributed by atoms with Crippen molar-refractivity contribution < 1.29 is 19.1 Å². The van der Waals surface area contributed by atoms with Crippen molar-refractivity contribution in [3.05, 3.63) is 44.9 Å². The van der Waals surface area contributed by atoms with Gasteiger partial charge in [-0.1, -0.05) is 11.6 Å². The standard InChI is InChI=1S/C16H13ClN2O4S/c1-3-23-16(21)12-8-24-15(19-12)11(7-18)14(20)10-5-4-9(17)6-13(10)22-2/h4-6,8,11H,3H2,1-2H3. The van der Waals surface area contributed by atoms with Crippen molar-refractivity contribution in [1.29, 1.82) is 5.26 Å². The van der Waals surface area contributed by atoms with E-state index in [1.165, 1.54) is 30.7 Å². The van der Waals surface area contributed by atoms with Gasteiger partial charge in [0, 0.05) is 10.4 Å². The number of hydrogen-bond acceptors (Lipinski definition) is 7. The van der Waals surface area contributed by atoms with Gasteiger partial charge in [0.25, 0.3) is 0 Å². The fraction of sp³-hybridized carbons (Fsp3) is 0.250. The van der Waals surface area contributed by atoms with Crippen LogP contribution in [0.5, 0.6) is 5.75 Å². The molecule has 0 spiro atoms. The molecule has 0 aliphatic carbocycles. The second kappa shape index (κ2) is 7.90. The van der Waals surface area contributed by atoms with E-state index in [9.17, 15) is 14.9 Å². The minimum Gasteiger partial charge on any atom is -0.496 e. The highest BCUT2D eigenvalue weighted by Crippen LogP contribution is 2.30. The lowest BCUT2D eigenvalue weighted by atomic mass is 9.98. The van der Waals surface area contributed by atoms with E-state index < -0.39 is 17.7 Å². The monoisotopic (exact) mass is 364 g/mol. The molecule has 0 N–H and O–H groups in total. The molecule has 24 heavy (non-hydrogen) atoms. The number of aromatic nitrogens is 1. The summed E-state index contributed by atoms with van der Waals surface area (Å²) in [6.45, 7) is 1.90. The molecule has 2 rings (SSSR count). The Labute approximate surface area is 147 Å². The summed E-state index contributed by atoms with van der Waals surface area (Å²) >= 11 is 6.93. The molecule has 0 bridgehead atoms. The highest BCUT2D eigenvalue weighted by Gasteiger charge is 2.28. The van der Waals surface area contributed by atoms with E-state index in [1.807, 2.05) is 6.07 Å². The molecule has 8 heteroatoms. The van der Waals surface area contributed by atoms with E-state index in [1.54, 1.807) is 6.92 Å². The molecule has 1 heterocycles. The quantitative estimate of drug-likeness (QED) is 0.576. The van der Waals surface area contributed by atoms with Gasteiger partial charge < -0.3 is 9.47 Å². The fourth-order valence-corrected chi connectivity index (χ4v) is 2.96. The zero-order valence-corrected chi connectivity index (χ0v) is 14.5. The molecule has 2 aromatic rings. The summed E-state index contributed by atoms with van der Waals surface area (Å²) in [5.41, 5.74) is 0.300. The molecule has 6 nitrogen and oxygen atoms in total. The van der Waals surface area contributed by atoms with Crippen LogP contribution in [0.25, 0.3) is 0 Å². The zero-order chi connectivity index (χ0) is 17.7. The van der Waals surface area contributed by atoms with Gasteiger partial charge in [-0.25, -0.2) is 9.78 Å². The number of benzene rings is 1. The third kappa shape index (κ3) is 3.72. The molecule has 0 saturated heterocycles. The summed E-state index contributed by atoms with van der Waals surface area (Å²) in [4.78, 5) is 28.4. The molecule has 0 radical (unpaired) electrons. The molecule has 1 aromatic heterocycles. The van der Waals surface area contributed by atoms with Gasteiger partial charge in [0.1, 0.15) is 10.8 Å². The third-order valence-corrected chi connectivity index (χ3v) is 4.22. The van der Waals surface area contributed by atoms with Crippen LogP contribution in [0.15, 0.2) is 23.6 Å². The number of thiazole rings is 1. The average molecular weight is 365 g/mol. The number of nitrogens with zero attached hydrogens (tertiary/aromatic N) is 2. The molecule has 0 aliphatic rings. The Morgan fingerprint density at radius 1 is 1.46 bits per heavy atom. The summed E-state index contributed by atoms with van der Waals surface area (Å²) in [6.07, 6.45) is 0. The SMILES string of the molecule is CCOC(=O)c1csc(C(C#N)C(=O)c2ccc(Cl)cc2OC)n1. The number of rotatable bonds is 6. The zero-order valence-electron chi connectivity index (χ0n) is 12.9. The minimum atomic E-state index is -1.15. The van der Waals surface area contributed by atoms with Gasteiger partial charge in [0.05, 0.1) is 25.3 Å². The number of Topliss-reactive ketones (excluding diaryl/α,β-unsaturated/α-hetero) is 1. The molecule has 0 fully saturated rings. The van der Waals surface area contributed by atoms with Gasteiger partial charge in [-0.15, -0.1) is 11.3 Å². The number of esters is 1. The first-order valence-electron chi connectivity index (χ1n) is 6.91. The Hall–Kier alpha value is -2.43. The molecular formula is C16H13ClN2O4S. The Morgan fingerprint density at radius 3 is 2.83 bits per heavy atom. The number of methoxy groups -OCH3 is 1. The number of nitriles is 1. The summed E-state index contributed by atoms with van der Waals surface area (Å²) in [5, 5.41) is 11.5. The second-order valence-electron chi connectivity index (χ2n) is 4.56. The predicted octanol–water partition coefficient (Wildman–Crippen LogP) is 3.47. The van der Waals surface area contributed by atoms with Crippen LogP contribution in [-0.4, -0.2) is 30.5 Å². The Kier molecular flexibility index (Phi) is 5.90. The van der Waals surface area contributed by atoms with Crippen LogP contribution >= 0.6 is 22.9 Å². The maximum absolute atomic E-state index is 12.7. The lowest BCUT2D eigenvalue weighted by Crippen LogP contribution is -2.13. The van der Waals surface area contributed by atoms with Crippen molar-refractivity contribution in [3.63, 3.8) is 0 Å². The number of carbonyl (C=O) groups excluding carboxylic acids is 2. The molecular weight excluding hydrogens is 352 g/mol. The molecule has 124 valence electrons. The Morgan fingerprint density at radius 2 is 2.21 bits per heavy atom. The fourth-order valence-electron chi connectivity index (χ4n) is 1.97. The van der Waals surface area contributed by atoms with Gasteiger partial charge >= 0.3 is 5.97 Å². The number of ketones is 1. The van der Waals surface area contributed by atoms with Crippen LogP contribution in [0.4, 0.5) is 0 Å². The van der Waals surface area contributed by atoms with E-state index in [0.29, 0.717) is 5.02 Å². The molecule has 0 amide bonds. The highest BCUT2D eigenvalue weighted by atomic mass is 35.5. The Bertz CT molecular complexity index is 813. The summed E-state index contributed by atoms with van der Waals surface area (Å²) in [7, 11) is 1.41. The van der Waals surface area contributed by atoms with E-state index in [0.717, 1.165) is 11.3 Å². The topological polar surface area (TPSA) is 89.3 Å². The first-order valence-corrected chi connectivity index (χ1v) is 8.17. The number of halogens is 1. The van der Waals surface area contributed by atoms with Crippen molar-refractivity contribution in [2.24, 2.45) is 0 Å². The van der Waals surface area contributed by atoms with Gasteiger partial charge in [-0.3, -0.25) is 4.79 Å². The Balaban J connectivity index is 2.34. The number of ether oxygens (including phenoxy) is 2. The normalized spacial score (nSPS) is 11.4. The van der Waals surface area contributed by atoms with Crippen LogP contribution in [0.2, 0.25) is 5.02 Å². The van der Waals surface area contributed by atoms with Crippen LogP contribution < -0.4 is 4.74 Å². The van der Waals surface area contributed by atoms with Crippen molar-refractivity contribution in [2.75, 3.05) is 13.7 Å². The lowest BCUT2D eigenvalue weighted by Gasteiger charge is -2.10. The van der Waals surface area contributed by atoms with Crippen molar-refractivity contribution in [2.45, 2.75) is 12.8 Å². The highest BCUT2D eigenvalue weighted by molar-refractivity contribution is 7.10. The van der Waals surface area contributed by atoms with Crippen LogP contribution in [-0.2, 0) is 4.74 Å². The summed E-state index contributed by atoms with van der Waals surface area (Å²) < 4.78 is 10.00. The number of hydrogen-bond donors (Lipinski definition) is 0. The van der Waals surface area contributed by atoms with Crippen LogP contribution in [0.1, 0.15) is 38.7 Å². The van der Waals surface area contributed by atoms with Crippen molar-refractivity contribution in [3.8, 4) is 11.8 Å². The molecule has 1 atom stereocenters. The first-order chi connectivity index (χ1) is 11.5. The van der Waals surface area contributed by atoms with E-state index in [2.05, 4.69) is 4.98 Å². The molecule has 1 unspecified atom stereocenters. The maximum atomic E-state index is 12.7. The lowest BCUT2D eigenvalue weighted by molar-refractivity contribution is 0.0519. The summed E-state index contributed by atoms with van der Waals surface area (Å²) in [6, 6.07) is 6.45. The van der Waals surface area contributed by atoms with Crippen LogP contribution in [0.3, 0.4) is 0 Å². The van der Waals surface area contributed by atoms with Crippen molar-refractivity contribution in [1.82, 2.24) is 4.98 Å². The molecule has 0 aliphatic heterocycles.